The fourth-order valence-corrected chi connectivity index (χ4v) is 2.90. The molecule has 0 aromatic heterocycles. The van der Waals surface area contributed by atoms with Crippen molar-refractivity contribution in [2.45, 2.75) is 19.4 Å². The van der Waals surface area contributed by atoms with Crippen LogP contribution in [0.25, 0.3) is 0 Å². The van der Waals surface area contributed by atoms with Crippen LogP contribution in [0.2, 0.25) is 0 Å². The smallest absolute Gasteiger partial charge is 0.123 e. The second kappa shape index (κ2) is 8.37. The van der Waals surface area contributed by atoms with Gasteiger partial charge in [-0.15, -0.1) is 0 Å². The van der Waals surface area contributed by atoms with Gasteiger partial charge in [-0.3, -0.25) is 0 Å². The third kappa shape index (κ3) is 5.30. The molecule has 118 valence electrons. The topological polar surface area (TPSA) is 41.7 Å². The maximum absolute atomic E-state index is 5.88. The molecular formula is C17H29N3O. The molecule has 0 spiro atoms. The van der Waals surface area contributed by atoms with Crippen LogP contribution in [-0.4, -0.2) is 56.7 Å². The van der Waals surface area contributed by atoms with E-state index in [0.29, 0.717) is 6.54 Å². The summed E-state index contributed by atoms with van der Waals surface area (Å²) >= 11 is 0. The van der Waals surface area contributed by atoms with Gasteiger partial charge in [-0.2, -0.15) is 0 Å². The van der Waals surface area contributed by atoms with Crippen LogP contribution in [0.5, 0.6) is 5.75 Å². The Morgan fingerprint density at radius 2 is 2.00 bits per heavy atom. The van der Waals surface area contributed by atoms with E-state index in [9.17, 15) is 0 Å². The lowest BCUT2D eigenvalue weighted by Gasteiger charge is -2.31. The number of benzene rings is 1. The molecule has 1 aromatic carbocycles. The summed E-state index contributed by atoms with van der Waals surface area (Å²) in [5, 5.41) is 0. The van der Waals surface area contributed by atoms with Crippen molar-refractivity contribution < 1.29 is 4.74 Å². The van der Waals surface area contributed by atoms with Gasteiger partial charge >= 0.3 is 0 Å². The van der Waals surface area contributed by atoms with E-state index in [1.165, 1.54) is 32.5 Å². The molecule has 1 aliphatic heterocycles. The highest BCUT2D eigenvalue weighted by atomic mass is 16.5. The first-order valence-corrected chi connectivity index (χ1v) is 7.97. The third-order valence-corrected chi connectivity index (χ3v) is 4.33. The van der Waals surface area contributed by atoms with Gasteiger partial charge in [0.25, 0.3) is 0 Å². The summed E-state index contributed by atoms with van der Waals surface area (Å²) in [4.78, 5) is 4.81. The highest BCUT2D eigenvalue weighted by Gasteiger charge is 2.17. The Labute approximate surface area is 128 Å². The van der Waals surface area contributed by atoms with Gasteiger partial charge in [-0.05, 0) is 52.0 Å². The molecule has 0 bridgehead atoms. The van der Waals surface area contributed by atoms with E-state index < -0.39 is 0 Å². The number of ether oxygens (including phenoxy) is 1. The van der Waals surface area contributed by atoms with Crippen LogP contribution >= 0.6 is 0 Å². The van der Waals surface area contributed by atoms with Crippen LogP contribution in [0.3, 0.4) is 0 Å². The molecule has 21 heavy (non-hydrogen) atoms. The van der Waals surface area contributed by atoms with Crippen molar-refractivity contribution in [1.82, 2.24) is 9.80 Å². The van der Waals surface area contributed by atoms with Gasteiger partial charge in [0.1, 0.15) is 12.4 Å². The summed E-state index contributed by atoms with van der Waals surface area (Å²) in [5.74, 6) is 1.76. The molecular weight excluding hydrogens is 262 g/mol. The standard InChI is InChI=1S/C17H29N3O/c1-19-9-7-15(8-10-19)14-20(2)11-12-21-17-6-4-3-5-16(17)13-18/h3-6,15H,7-14,18H2,1-2H3. The molecule has 1 aliphatic rings. The quantitative estimate of drug-likeness (QED) is 0.832. The molecule has 0 atom stereocenters. The number of nitrogens with zero attached hydrogens (tertiary/aromatic N) is 2. The number of likely N-dealkylation sites (N-methyl/N-ethyl adjacent to an activating group) is 1. The molecule has 0 saturated carbocycles. The van der Waals surface area contributed by atoms with Gasteiger partial charge in [0.05, 0.1) is 0 Å². The number of rotatable bonds is 7. The van der Waals surface area contributed by atoms with Gasteiger partial charge in [-0.25, -0.2) is 0 Å². The highest BCUT2D eigenvalue weighted by molar-refractivity contribution is 5.32. The predicted octanol–water partition coefficient (Wildman–Crippen LogP) is 1.80. The third-order valence-electron chi connectivity index (χ3n) is 4.33. The Morgan fingerprint density at radius 3 is 2.71 bits per heavy atom. The Hall–Kier alpha value is -1.10. The van der Waals surface area contributed by atoms with Crippen molar-refractivity contribution in [2.24, 2.45) is 11.7 Å². The summed E-state index contributed by atoms with van der Waals surface area (Å²) in [6.07, 6.45) is 2.63. The molecule has 0 amide bonds. The molecule has 0 aliphatic carbocycles. The zero-order valence-corrected chi connectivity index (χ0v) is 13.4. The van der Waals surface area contributed by atoms with Crippen LogP contribution in [0.4, 0.5) is 0 Å². The van der Waals surface area contributed by atoms with Crippen molar-refractivity contribution in [1.29, 1.82) is 0 Å². The van der Waals surface area contributed by atoms with E-state index in [0.717, 1.165) is 30.4 Å². The molecule has 1 saturated heterocycles. The molecule has 4 nitrogen and oxygen atoms in total. The van der Waals surface area contributed by atoms with Gasteiger partial charge < -0.3 is 20.3 Å². The molecule has 0 radical (unpaired) electrons. The van der Waals surface area contributed by atoms with E-state index in [4.69, 9.17) is 10.5 Å². The summed E-state index contributed by atoms with van der Waals surface area (Å²) in [6, 6.07) is 8.02. The van der Waals surface area contributed by atoms with Gasteiger partial charge in [0, 0.05) is 25.2 Å². The number of para-hydroxylation sites is 1. The molecule has 4 heteroatoms. The maximum atomic E-state index is 5.88. The van der Waals surface area contributed by atoms with Crippen molar-refractivity contribution in [3.63, 3.8) is 0 Å². The van der Waals surface area contributed by atoms with E-state index in [-0.39, 0.29) is 0 Å². The molecule has 0 unspecified atom stereocenters. The van der Waals surface area contributed by atoms with Crippen molar-refractivity contribution in [2.75, 3.05) is 46.9 Å². The summed E-state index contributed by atoms with van der Waals surface area (Å²) in [6.45, 7) is 5.86. The van der Waals surface area contributed by atoms with Crippen LogP contribution in [-0.2, 0) is 6.54 Å². The van der Waals surface area contributed by atoms with E-state index in [2.05, 4.69) is 23.9 Å². The first-order chi connectivity index (χ1) is 10.2. The first kappa shape index (κ1) is 16.3. The fraction of sp³-hybridized carbons (Fsp3) is 0.647. The van der Waals surface area contributed by atoms with Crippen molar-refractivity contribution >= 4 is 0 Å². The largest absolute Gasteiger partial charge is 0.492 e. The Bertz CT molecular complexity index is 416. The molecule has 2 N–H and O–H groups in total. The van der Waals surface area contributed by atoms with Crippen LogP contribution in [0, 0.1) is 5.92 Å². The SMILES string of the molecule is CN1CCC(CN(C)CCOc2ccccc2CN)CC1. The van der Waals surface area contributed by atoms with Crippen molar-refractivity contribution in [3.05, 3.63) is 29.8 Å². The molecule has 1 aromatic rings. The lowest BCUT2D eigenvalue weighted by Crippen LogP contribution is -2.36. The van der Waals surface area contributed by atoms with Crippen molar-refractivity contribution in [3.8, 4) is 5.75 Å². The lowest BCUT2D eigenvalue weighted by atomic mass is 9.97. The fourth-order valence-electron chi connectivity index (χ4n) is 2.90. The number of likely N-dealkylation sites (tertiary alicyclic amines) is 1. The molecule has 1 fully saturated rings. The number of nitrogens with two attached hydrogens (primary N) is 1. The molecule has 2 rings (SSSR count). The van der Waals surface area contributed by atoms with Crippen LogP contribution in [0.15, 0.2) is 24.3 Å². The minimum Gasteiger partial charge on any atom is -0.492 e. The van der Waals surface area contributed by atoms with E-state index in [1.54, 1.807) is 0 Å². The normalized spacial score (nSPS) is 17.3. The lowest BCUT2D eigenvalue weighted by molar-refractivity contribution is 0.162. The summed E-state index contributed by atoms with van der Waals surface area (Å²) in [5.41, 5.74) is 6.80. The summed E-state index contributed by atoms with van der Waals surface area (Å²) < 4.78 is 5.88. The minimum absolute atomic E-state index is 0.529. The van der Waals surface area contributed by atoms with Gasteiger partial charge in [0.2, 0.25) is 0 Å². The number of hydrogen-bond donors (Lipinski definition) is 1. The van der Waals surface area contributed by atoms with E-state index in [1.807, 2.05) is 24.3 Å². The van der Waals surface area contributed by atoms with Gasteiger partial charge in [0.15, 0.2) is 0 Å². The zero-order valence-electron chi connectivity index (χ0n) is 13.4. The highest BCUT2D eigenvalue weighted by Crippen LogP contribution is 2.18. The number of hydrogen-bond acceptors (Lipinski definition) is 4. The average Bonchev–Trinajstić information content (AvgIpc) is 2.50. The van der Waals surface area contributed by atoms with Crippen LogP contribution in [0.1, 0.15) is 18.4 Å². The predicted molar refractivity (Wildman–Crippen MR) is 87.5 cm³/mol. The Morgan fingerprint density at radius 1 is 1.29 bits per heavy atom. The monoisotopic (exact) mass is 291 g/mol. The second-order valence-corrected chi connectivity index (χ2v) is 6.17. The summed E-state index contributed by atoms with van der Waals surface area (Å²) in [7, 11) is 4.40. The Balaban J connectivity index is 1.68. The van der Waals surface area contributed by atoms with Crippen LogP contribution < -0.4 is 10.5 Å². The second-order valence-electron chi connectivity index (χ2n) is 6.17. The average molecular weight is 291 g/mol. The van der Waals surface area contributed by atoms with E-state index >= 15 is 0 Å². The Kier molecular flexibility index (Phi) is 6.49. The molecule has 1 heterocycles. The first-order valence-electron chi connectivity index (χ1n) is 7.97. The maximum Gasteiger partial charge on any atom is 0.123 e. The van der Waals surface area contributed by atoms with Gasteiger partial charge in [-0.1, -0.05) is 18.2 Å². The number of piperidine rings is 1. The minimum atomic E-state index is 0.529. The zero-order chi connectivity index (χ0) is 15.1.